The molecule has 6 heavy (non-hydrogen) atoms. The first kappa shape index (κ1) is 9.16. The van der Waals surface area contributed by atoms with Gasteiger partial charge in [0.1, 0.15) is 0 Å². The van der Waals surface area contributed by atoms with Crippen molar-refractivity contribution in [3.8, 4) is 0 Å². The van der Waals surface area contributed by atoms with Gasteiger partial charge in [-0.1, -0.05) is 0 Å². The van der Waals surface area contributed by atoms with Crippen LogP contribution in [0.5, 0.6) is 0 Å². The molecular formula is C4H9FO. The monoisotopic (exact) mass is 92.1 g/mol. The lowest BCUT2D eigenvalue weighted by Crippen LogP contribution is -1.66. The summed E-state index contributed by atoms with van der Waals surface area (Å²) in [7, 11) is 0. The summed E-state index contributed by atoms with van der Waals surface area (Å²) in [4.78, 5) is 3.04. The van der Waals surface area contributed by atoms with Crippen LogP contribution >= 0.6 is 0 Å². The van der Waals surface area contributed by atoms with E-state index in [4.69, 9.17) is 0 Å². The van der Waals surface area contributed by atoms with Crippen LogP contribution in [-0.4, -0.2) is 6.61 Å². The van der Waals surface area contributed by atoms with E-state index in [9.17, 15) is 4.53 Å². The fourth-order valence-corrected chi connectivity index (χ4v) is 0. The molecule has 0 bridgehead atoms. The smallest absolute Gasteiger partial charge is 0.0848 e. The first-order chi connectivity index (χ1) is 2.91. The molecule has 38 valence electrons. The van der Waals surface area contributed by atoms with Crippen LogP contribution in [0.2, 0.25) is 0 Å². The Labute approximate surface area is 37.3 Å². The van der Waals surface area contributed by atoms with Gasteiger partial charge >= 0.3 is 0 Å². The van der Waals surface area contributed by atoms with Crippen molar-refractivity contribution in [2.75, 3.05) is 6.61 Å². The molecule has 0 fully saturated rings. The van der Waals surface area contributed by atoms with Gasteiger partial charge < -0.3 is 0 Å². The van der Waals surface area contributed by atoms with Crippen LogP contribution in [0.25, 0.3) is 0 Å². The molecule has 0 aliphatic carbocycles. The maximum Gasteiger partial charge on any atom is 0.0848 e. The average molecular weight is 92.1 g/mol. The molecule has 0 aromatic heterocycles. The highest BCUT2D eigenvalue weighted by atomic mass is 19.3. The lowest BCUT2D eigenvalue weighted by atomic mass is 10.9. The van der Waals surface area contributed by atoms with Gasteiger partial charge in [-0.05, 0) is 11.4 Å². The van der Waals surface area contributed by atoms with Crippen molar-refractivity contribution in [3.05, 3.63) is 13.2 Å². The quantitative estimate of drug-likeness (QED) is 0.447. The van der Waals surface area contributed by atoms with Gasteiger partial charge in [0.05, 0.1) is 6.61 Å². The van der Waals surface area contributed by atoms with Crippen molar-refractivity contribution in [3.63, 3.8) is 0 Å². The minimum atomic E-state index is 0.153. The second kappa shape index (κ2) is 23.0. The van der Waals surface area contributed by atoms with Crippen molar-refractivity contribution in [1.29, 1.82) is 0 Å². The third-order valence-electron chi connectivity index (χ3n) is 0.109. The summed E-state index contributed by atoms with van der Waals surface area (Å²) in [6.45, 7) is 7.74. The summed E-state index contributed by atoms with van der Waals surface area (Å²) in [6.07, 6.45) is 0. The first-order valence-electron chi connectivity index (χ1n) is 1.65. The zero-order valence-corrected chi connectivity index (χ0v) is 3.91. The van der Waals surface area contributed by atoms with Gasteiger partial charge in [-0.25, -0.2) is 0 Å². The standard InChI is InChI=1S/C2H5FO.C2H4/c1-2-4-3;1-2/h2H2,1H3;1-2H2. The fourth-order valence-electron chi connectivity index (χ4n) is 0. The highest BCUT2D eigenvalue weighted by Gasteiger charge is 1.57. The molecule has 2 heteroatoms. The van der Waals surface area contributed by atoms with Gasteiger partial charge in [-0.2, -0.15) is 4.94 Å². The Morgan fingerprint density at radius 2 is 1.83 bits per heavy atom. The number of halogens is 1. The molecule has 0 radical (unpaired) electrons. The van der Waals surface area contributed by atoms with Gasteiger partial charge in [0.2, 0.25) is 0 Å². The van der Waals surface area contributed by atoms with E-state index in [1.165, 1.54) is 0 Å². The molecule has 0 aliphatic heterocycles. The molecule has 1 nitrogen and oxygen atoms in total. The summed E-state index contributed by atoms with van der Waals surface area (Å²) in [5, 5.41) is 0. The largest absolute Gasteiger partial charge is 0.195 e. The number of hydrogen-bond donors (Lipinski definition) is 0. The minimum absolute atomic E-state index is 0.153. The van der Waals surface area contributed by atoms with Gasteiger partial charge in [-0.3, -0.25) is 0 Å². The molecule has 0 aromatic rings. The average Bonchev–Trinajstić information content (AvgIpc) is 1.72. The van der Waals surface area contributed by atoms with Crippen LogP contribution in [0, 0.1) is 0 Å². The van der Waals surface area contributed by atoms with Crippen molar-refractivity contribution in [2.24, 2.45) is 0 Å². The van der Waals surface area contributed by atoms with E-state index >= 15 is 0 Å². The fraction of sp³-hybridized carbons (Fsp3) is 0.500. The third kappa shape index (κ3) is 63.3. The number of rotatable bonds is 1. The maximum atomic E-state index is 10.2. The predicted molar refractivity (Wildman–Crippen MR) is 24.0 cm³/mol. The van der Waals surface area contributed by atoms with Crippen molar-refractivity contribution >= 4 is 0 Å². The van der Waals surface area contributed by atoms with Gasteiger partial charge in [0.15, 0.2) is 0 Å². The second-order valence-corrected chi connectivity index (χ2v) is 0.398. The Hall–Kier alpha value is -0.370. The zero-order valence-electron chi connectivity index (χ0n) is 3.91. The molecule has 0 heterocycles. The first-order valence-corrected chi connectivity index (χ1v) is 1.65. The summed E-state index contributed by atoms with van der Waals surface area (Å²) in [6, 6.07) is 0. The SMILES string of the molecule is C=C.CCOF. The Kier molecular flexibility index (Phi) is 35.1. The molecule has 0 saturated carbocycles. The second-order valence-electron chi connectivity index (χ2n) is 0.398. The normalized spacial score (nSPS) is 5.67. The molecule has 0 rings (SSSR count). The topological polar surface area (TPSA) is 9.23 Å². The predicted octanol–water partition coefficient (Wildman–Crippen LogP) is 1.71. The molecule has 0 spiro atoms. The molecule has 0 N–H and O–H groups in total. The van der Waals surface area contributed by atoms with Crippen LogP contribution in [0.3, 0.4) is 0 Å². The van der Waals surface area contributed by atoms with E-state index in [0.717, 1.165) is 0 Å². The summed E-state index contributed by atoms with van der Waals surface area (Å²) < 4.78 is 10.2. The molecule has 0 aromatic carbocycles. The Bertz CT molecular complexity index is 15.0. The number of hydrogen-bond acceptors (Lipinski definition) is 1. The van der Waals surface area contributed by atoms with Gasteiger partial charge in [0, 0.05) is 0 Å². The Morgan fingerprint density at radius 3 is 1.83 bits per heavy atom. The van der Waals surface area contributed by atoms with E-state index in [1.807, 2.05) is 0 Å². The highest BCUT2D eigenvalue weighted by molar-refractivity contribution is 4.22. The van der Waals surface area contributed by atoms with Crippen LogP contribution in [0.4, 0.5) is 4.53 Å². The molecular weight excluding hydrogens is 83.0 g/mol. The molecule has 0 amide bonds. The van der Waals surface area contributed by atoms with E-state index < -0.39 is 0 Å². The van der Waals surface area contributed by atoms with Crippen LogP contribution in [-0.2, 0) is 4.94 Å². The lowest BCUT2D eigenvalue weighted by molar-refractivity contribution is -0.125. The van der Waals surface area contributed by atoms with Gasteiger partial charge in [-0.15, -0.1) is 13.2 Å². The van der Waals surface area contributed by atoms with Crippen molar-refractivity contribution in [1.82, 2.24) is 0 Å². The van der Waals surface area contributed by atoms with Crippen molar-refractivity contribution < 1.29 is 9.47 Å². The van der Waals surface area contributed by atoms with Gasteiger partial charge in [0.25, 0.3) is 0 Å². The van der Waals surface area contributed by atoms with Crippen LogP contribution < -0.4 is 0 Å². The Morgan fingerprint density at radius 1 is 1.67 bits per heavy atom. The zero-order chi connectivity index (χ0) is 5.41. The summed E-state index contributed by atoms with van der Waals surface area (Å²) in [5.41, 5.74) is 0. The van der Waals surface area contributed by atoms with E-state index in [-0.39, 0.29) is 6.61 Å². The van der Waals surface area contributed by atoms with E-state index in [0.29, 0.717) is 0 Å². The highest BCUT2D eigenvalue weighted by Crippen LogP contribution is 1.63. The molecule has 0 saturated heterocycles. The van der Waals surface area contributed by atoms with Crippen LogP contribution in [0.1, 0.15) is 6.92 Å². The Balaban J connectivity index is 0. The molecule has 0 aliphatic rings. The van der Waals surface area contributed by atoms with Crippen LogP contribution in [0.15, 0.2) is 13.2 Å². The third-order valence-corrected chi connectivity index (χ3v) is 0.109. The summed E-state index contributed by atoms with van der Waals surface area (Å²) in [5.74, 6) is 0. The maximum absolute atomic E-state index is 10.2. The molecule has 0 atom stereocenters. The van der Waals surface area contributed by atoms with Crippen molar-refractivity contribution in [2.45, 2.75) is 6.92 Å². The molecule has 0 unspecified atom stereocenters. The van der Waals surface area contributed by atoms with E-state index in [1.54, 1.807) is 6.92 Å². The summed E-state index contributed by atoms with van der Waals surface area (Å²) >= 11 is 0. The van der Waals surface area contributed by atoms with E-state index in [2.05, 4.69) is 18.1 Å². The minimum Gasteiger partial charge on any atom is -0.195 e. The lowest BCUT2D eigenvalue weighted by Gasteiger charge is -1.68.